The summed E-state index contributed by atoms with van der Waals surface area (Å²) in [5, 5.41) is 8.33. The van der Waals surface area contributed by atoms with Gasteiger partial charge in [-0.3, -0.25) is 9.59 Å². The Morgan fingerprint density at radius 2 is 1.27 bits per heavy atom. The summed E-state index contributed by atoms with van der Waals surface area (Å²) in [4.78, 5) is 32.1. The van der Waals surface area contributed by atoms with E-state index in [4.69, 9.17) is 24.1 Å². The first-order chi connectivity index (χ1) is 10.6. The zero-order valence-electron chi connectivity index (χ0n) is 12.3. The Morgan fingerprint density at radius 3 is 1.77 bits per heavy atom. The number of halogens is 1. The van der Waals surface area contributed by atoms with Gasteiger partial charge in [-0.25, -0.2) is 4.79 Å². The Bertz CT molecular complexity index is 334. The van der Waals surface area contributed by atoms with Crippen molar-refractivity contribution in [2.75, 3.05) is 50.7 Å². The van der Waals surface area contributed by atoms with Crippen molar-refractivity contribution in [1.82, 2.24) is 0 Å². The van der Waals surface area contributed by atoms with E-state index in [2.05, 4.69) is 22.6 Å². The molecule has 0 aliphatic heterocycles. The second-order valence-corrected chi connectivity index (χ2v) is 5.05. The van der Waals surface area contributed by atoms with E-state index in [1.54, 1.807) is 0 Å². The van der Waals surface area contributed by atoms with Crippen LogP contribution in [0.5, 0.6) is 0 Å². The Balaban J connectivity index is 3.27. The van der Waals surface area contributed by atoms with Crippen LogP contribution in [0.4, 0.5) is 0 Å². The molecule has 0 fully saturated rings. The summed E-state index contributed by atoms with van der Waals surface area (Å²) >= 11 is 2.23. The molecule has 0 atom stereocenters. The fourth-order valence-electron chi connectivity index (χ4n) is 1.21. The van der Waals surface area contributed by atoms with Crippen molar-refractivity contribution in [2.45, 2.75) is 12.8 Å². The summed E-state index contributed by atoms with van der Waals surface area (Å²) in [5.41, 5.74) is 0. The average molecular weight is 432 g/mol. The van der Waals surface area contributed by atoms with E-state index in [1.807, 2.05) is 0 Å². The van der Waals surface area contributed by atoms with Crippen LogP contribution in [0.15, 0.2) is 0 Å². The van der Waals surface area contributed by atoms with Gasteiger partial charge in [-0.15, -0.1) is 0 Å². The molecule has 0 rings (SSSR count). The van der Waals surface area contributed by atoms with Crippen LogP contribution >= 0.6 is 22.6 Å². The molecule has 8 nitrogen and oxygen atoms in total. The molecule has 0 heterocycles. The Labute approximate surface area is 142 Å². The van der Waals surface area contributed by atoms with E-state index in [9.17, 15) is 14.4 Å². The predicted molar refractivity (Wildman–Crippen MR) is 84.2 cm³/mol. The van der Waals surface area contributed by atoms with Gasteiger partial charge in [-0.05, 0) is 0 Å². The first-order valence-electron chi connectivity index (χ1n) is 6.79. The zero-order valence-corrected chi connectivity index (χ0v) is 14.4. The Kier molecular flexibility index (Phi) is 14.6. The summed E-state index contributed by atoms with van der Waals surface area (Å²) in [6.45, 7) is 2.84. The summed E-state index contributed by atoms with van der Waals surface area (Å²) < 4.78 is 21.4. The highest BCUT2D eigenvalue weighted by Gasteiger charge is 2.13. The number of carbonyl (C=O) groups excluding carboxylic acids is 2. The fourth-order valence-corrected chi connectivity index (χ4v) is 1.52. The minimum Gasteiger partial charge on any atom is -0.476 e. The maximum atomic E-state index is 11.2. The predicted octanol–water partition coefficient (Wildman–Crippen LogP) is 0.448. The number of aliphatic carboxylic acids is 1. The van der Waals surface area contributed by atoms with Crippen LogP contribution in [0.1, 0.15) is 12.8 Å². The van der Waals surface area contributed by atoms with Crippen molar-refractivity contribution in [3.63, 3.8) is 0 Å². The van der Waals surface area contributed by atoms with E-state index >= 15 is 0 Å². The number of carboxylic acid groups (broad SMARTS) is 1. The molecule has 22 heavy (non-hydrogen) atoms. The first-order valence-corrected chi connectivity index (χ1v) is 8.31. The molecule has 0 radical (unpaired) electrons. The molecule has 0 spiro atoms. The third-order valence-corrected chi connectivity index (χ3v) is 2.69. The van der Waals surface area contributed by atoms with Gasteiger partial charge in [0, 0.05) is 10.8 Å². The molecule has 0 aliphatic carbocycles. The number of carbonyl (C=O) groups is 3. The summed E-state index contributed by atoms with van der Waals surface area (Å²) in [6, 6.07) is 0. The number of ether oxygens (including phenoxy) is 4. The number of hydrogen-bond donors (Lipinski definition) is 1. The monoisotopic (exact) mass is 432 g/mol. The Morgan fingerprint density at radius 1 is 0.773 bits per heavy atom. The molecule has 0 unspecified atom stereocenters. The lowest BCUT2D eigenvalue weighted by atomic mass is 10.2. The highest BCUT2D eigenvalue weighted by atomic mass is 127. The van der Waals surface area contributed by atoms with Gasteiger partial charge in [-0.1, -0.05) is 22.6 Å². The normalized spacial score (nSPS) is 10.4. The third-order valence-electron chi connectivity index (χ3n) is 2.25. The quantitative estimate of drug-likeness (QED) is 0.131. The second kappa shape index (κ2) is 15.1. The van der Waals surface area contributed by atoms with Crippen LogP contribution in [0.3, 0.4) is 0 Å². The molecular formula is C13H21IO8. The van der Waals surface area contributed by atoms with Crippen LogP contribution in [0.2, 0.25) is 0 Å². The van der Waals surface area contributed by atoms with Crippen molar-refractivity contribution in [3.05, 3.63) is 0 Å². The largest absolute Gasteiger partial charge is 0.476 e. The van der Waals surface area contributed by atoms with E-state index in [0.29, 0.717) is 33.0 Å². The number of hydrogen-bond acceptors (Lipinski definition) is 7. The van der Waals surface area contributed by atoms with Crippen LogP contribution in [0.25, 0.3) is 0 Å². The lowest BCUT2D eigenvalue weighted by molar-refractivity contribution is -0.151. The second-order valence-electron chi connectivity index (χ2n) is 3.97. The van der Waals surface area contributed by atoms with Crippen molar-refractivity contribution in [2.24, 2.45) is 0 Å². The first kappa shape index (κ1) is 21.2. The molecule has 0 saturated heterocycles. The molecule has 0 saturated carbocycles. The molecule has 0 aliphatic rings. The van der Waals surface area contributed by atoms with E-state index < -0.39 is 17.7 Å². The molecule has 0 bridgehead atoms. The lowest BCUT2D eigenvalue weighted by Crippen LogP contribution is -2.17. The van der Waals surface area contributed by atoms with E-state index in [1.165, 1.54) is 0 Å². The van der Waals surface area contributed by atoms with E-state index in [0.717, 1.165) is 4.43 Å². The number of Topliss-reactive ketones (excluding diaryl/α,β-unsaturated/α-hetero) is 1. The smallest absolute Gasteiger partial charge is 0.372 e. The molecule has 0 amide bonds. The minimum atomic E-state index is -1.55. The minimum absolute atomic E-state index is 0.0544. The standard InChI is InChI=1S/C13H21IO8/c14-3-4-19-5-6-20-7-8-21-9-10-22-12(16)2-1-11(15)13(17)18/h1-10H2,(H,17,18). The molecule has 0 aromatic heterocycles. The topological polar surface area (TPSA) is 108 Å². The van der Waals surface area contributed by atoms with Crippen molar-refractivity contribution in [1.29, 1.82) is 0 Å². The highest BCUT2D eigenvalue weighted by Crippen LogP contribution is 1.95. The average Bonchev–Trinajstić information content (AvgIpc) is 2.50. The van der Waals surface area contributed by atoms with Gasteiger partial charge in [0.15, 0.2) is 0 Å². The van der Waals surface area contributed by atoms with Gasteiger partial charge in [0.2, 0.25) is 5.78 Å². The molecular weight excluding hydrogens is 411 g/mol. The maximum absolute atomic E-state index is 11.2. The van der Waals surface area contributed by atoms with Crippen molar-refractivity contribution in [3.8, 4) is 0 Å². The summed E-state index contributed by atoms with van der Waals surface area (Å²) in [7, 11) is 0. The van der Waals surface area contributed by atoms with Crippen molar-refractivity contribution < 1.29 is 38.4 Å². The number of esters is 1. The highest BCUT2D eigenvalue weighted by molar-refractivity contribution is 14.1. The molecule has 9 heteroatoms. The van der Waals surface area contributed by atoms with Crippen LogP contribution in [-0.4, -0.2) is 73.5 Å². The lowest BCUT2D eigenvalue weighted by Gasteiger charge is -2.07. The summed E-state index contributed by atoms with van der Waals surface area (Å²) in [5.74, 6) is -3.18. The van der Waals surface area contributed by atoms with Gasteiger partial charge in [0.05, 0.1) is 46.1 Å². The number of ketones is 1. The molecule has 1 N–H and O–H groups in total. The van der Waals surface area contributed by atoms with Crippen molar-refractivity contribution >= 4 is 40.3 Å². The van der Waals surface area contributed by atoms with Gasteiger partial charge >= 0.3 is 11.9 Å². The van der Waals surface area contributed by atoms with Crippen LogP contribution < -0.4 is 0 Å². The van der Waals surface area contributed by atoms with Gasteiger partial charge in [0.25, 0.3) is 0 Å². The number of alkyl halides is 1. The van der Waals surface area contributed by atoms with E-state index in [-0.39, 0.29) is 26.1 Å². The van der Waals surface area contributed by atoms with Crippen LogP contribution in [0, 0.1) is 0 Å². The third kappa shape index (κ3) is 14.2. The summed E-state index contributed by atoms with van der Waals surface area (Å²) in [6.07, 6.45) is -0.603. The molecule has 128 valence electrons. The number of rotatable bonds is 15. The zero-order chi connectivity index (χ0) is 16.6. The van der Waals surface area contributed by atoms with Crippen LogP contribution in [-0.2, 0) is 33.3 Å². The Hall–Kier alpha value is -0.780. The fraction of sp³-hybridized carbons (Fsp3) is 0.769. The van der Waals surface area contributed by atoms with Gasteiger partial charge < -0.3 is 24.1 Å². The molecule has 0 aromatic rings. The van der Waals surface area contributed by atoms with Gasteiger partial charge in [0.1, 0.15) is 6.61 Å². The number of carboxylic acids is 1. The SMILES string of the molecule is O=C(CCC(=O)C(=O)O)OCCOCCOCCOCCI. The molecule has 0 aromatic carbocycles. The van der Waals surface area contributed by atoms with Gasteiger partial charge in [-0.2, -0.15) is 0 Å². The maximum Gasteiger partial charge on any atom is 0.372 e.